The number of ether oxygens (including phenoxy) is 1. The first-order chi connectivity index (χ1) is 12.1. The van der Waals surface area contributed by atoms with Gasteiger partial charge >= 0.3 is 0 Å². The number of aryl methyl sites for hydroxylation is 1. The first-order valence-corrected chi connectivity index (χ1v) is 8.56. The summed E-state index contributed by atoms with van der Waals surface area (Å²) in [5, 5.41) is 16.6. The van der Waals surface area contributed by atoms with Crippen LogP contribution >= 0.6 is 0 Å². The summed E-state index contributed by atoms with van der Waals surface area (Å²) in [5.74, 6) is 1.68. The van der Waals surface area contributed by atoms with E-state index in [2.05, 4.69) is 34.7 Å². The second-order valence-electron chi connectivity index (χ2n) is 5.79. The zero-order valence-corrected chi connectivity index (χ0v) is 15.2. The van der Waals surface area contributed by atoms with Gasteiger partial charge < -0.3 is 20.5 Å². The molecule has 3 N–H and O–H groups in total. The Morgan fingerprint density at radius 2 is 1.92 bits per heavy atom. The summed E-state index contributed by atoms with van der Waals surface area (Å²) in [6, 6.07) is 13.6. The van der Waals surface area contributed by atoms with Crippen molar-refractivity contribution in [3.63, 3.8) is 0 Å². The fourth-order valence-corrected chi connectivity index (χ4v) is 2.49. The maximum Gasteiger partial charge on any atom is 0.191 e. The number of nitrogens with one attached hydrogen (secondary N) is 2. The summed E-state index contributed by atoms with van der Waals surface area (Å²) in [4.78, 5) is 4.64. The Bertz CT molecular complexity index is 714. The number of phenolic OH excluding ortho intramolecular Hbond substituents is 1. The van der Waals surface area contributed by atoms with E-state index in [0.717, 1.165) is 18.1 Å². The van der Waals surface area contributed by atoms with Crippen molar-refractivity contribution in [1.82, 2.24) is 10.6 Å². The van der Waals surface area contributed by atoms with Gasteiger partial charge in [-0.1, -0.05) is 30.3 Å². The maximum absolute atomic E-state index is 10.0. The lowest BCUT2D eigenvalue weighted by atomic mass is 10.1. The third-order valence-corrected chi connectivity index (χ3v) is 3.99. The summed E-state index contributed by atoms with van der Waals surface area (Å²) in [7, 11) is 1.59. The molecule has 0 saturated carbocycles. The van der Waals surface area contributed by atoms with Crippen molar-refractivity contribution in [2.45, 2.75) is 26.8 Å². The average molecular weight is 341 g/mol. The second-order valence-corrected chi connectivity index (χ2v) is 5.79. The molecule has 0 aromatic heterocycles. The highest BCUT2D eigenvalue weighted by atomic mass is 16.5. The first-order valence-electron chi connectivity index (χ1n) is 8.56. The molecule has 5 nitrogen and oxygen atoms in total. The SMILES string of the molecule is CCNC(=NCc1ccccc1C)NCCc1ccc(OC)cc1O. The van der Waals surface area contributed by atoms with Crippen molar-refractivity contribution < 1.29 is 9.84 Å². The quantitative estimate of drug-likeness (QED) is 0.535. The normalized spacial score (nSPS) is 11.2. The number of methoxy groups -OCH3 is 1. The number of phenols is 1. The first kappa shape index (κ1) is 18.6. The number of aliphatic imine (C=N–C) groups is 1. The van der Waals surface area contributed by atoms with Gasteiger partial charge in [-0.15, -0.1) is 0 Å². The molecule has 0 radical (unpaired) electrons. The predicted octanol–water partition coefficient (Wildman–Crippen LogP) is 3.01. The molecule has 0 saturated heterocycles. The maximum atomic E-state index is 10.0. The highest BCUT2D eigenvalue weighted by Gasteiger charge is 2.04. The fourth-order valence-electron chi connectivity index (χ4n) is 2.49. The Kier molecular flexibility index (Phi) is 7.14. The molecule has 0 amide bonds. The molecule has 2 aromatic carbocycles. The monoisotopic (exact) mass is 341 g/mol. The standard InChI is InChI=1S/C20H27N3O2/c1-4-21-20(23-14-17-8-6-5-7-15(17)2)22-12-11-16-9-10-18(25-3)13-19(16)24/h5-10,13,24H,4,11-12,14H2,1-3H3,(H2,21,22,23). The van der Waals surface area contributed by atoms with Gasteiger partial charge in [-0.05, 0) is 43.0 Å². The van der Waals surface area contributed by atoms with Crippen LogP contribution in [0.2, 0.25) is 0 Å². The molecular formula is C20H27N3O2. The van der Waals surface area contributed by atoms with Crippen LogP contribution in [-0.2, 0) is 13.0 Å². The van der Waals surface area contributed by atoms with E-state index in [0.29, 0.717) is 25.3 Å². The van der Waals surface area contributed by atoms with Crippen molar-refractivity contribution in [2.75, 3.05) is 20.2 Å². The number of aromatic hydroxyl groups is 1. The summed E-state index contributed by atoms with van der Waals surface area (Å²) in [6.45, 7) is 6.25. The molecule has 0 aliphatic heterocycles. The molecule has 0 aliphatic carbocycles. The van der Waals surface area contributed by atoms with Gasteiger partial charge in [0.15, 0.2) is 5.96 Å². The van der Waals surface area contributed by atoms with E-state index in [-0.39, 0.29) is 5.75 Å². The highest BCUT2D eigenvalue weighted by Crippen LogP contribution is 2.23. The highest BCUT2D eigenvalue weighted by molar-refractivity contribution is 5.79. The molecule has 2 aromatic rings. The lowest BCUT2D eigenvalue weighted by Gasteiger charge is -2.12. The van der Waals surface area contributed by atoms with Gasteiger partial charge in [-0.25, -0.2) is 4.99 Å². The minimum atomic E-state index is 0.253. The summed E-state index contributed by atoms with van der Waals surface area (Å²) >= 11 is 0. The Labute approximate surface area is 149 Å². The summed E-state index contributed by atoms with van der Waals surface area (Å²) < 4.78 is 5.10. The van der Waals surface area contributed by atoms with Gasteiger partial charge in [0.2, 0.25) is 0 Å². The van der Waals surface area contributed by atoms with E-state index in [1.54, 1.807) is 13.2 Å². The molecular weight excluding hydrogens is 314 g/mol. The molecule has 0 unspecified atom stereocenters. The largest absolute Gasteiger partial charge is 0.508 e. The number of hydrogen-bond donors (Lipinski definition) is 3. The number of benzene rings is 2. The van der Waals surface area contributed by atoms with Crippen LogP contribution in [0.1, 0.15) is 23.6 Å². The van der Waals surface area contributed by atoms with E-state index in [9.17, 15) is 5.11 Å². The van der Waals surface area contributed by atoms with Gasteiger partial charge in [-0.3, -0.25) is 0 Å². The number of rotatable bonds is 7. The minimum absolute atomic E-state index is 0.253. The molecule has 0 heterocycles. The smallest absolute Gasteiger partial charge is 0.191 e. The van der Waals surface area contributed by atoms with Crippen LogP contribution in [0.3, 0.4) is 0 Å². The Balaban J connectivity index is 1.93. The Hall–Kier alpha value is -2.69. The van der Waals surface area contributed by atoms with E-state index < -0.39 is 0 Å². The van der Waals surface area contributed by atoms with Gasteiger partial charge in [0.1, 0.15) is 11.5 Å². The van der Waals surface area contributed by atoms with E-state index in [1.165, 1.54) is 11.1 Å². The van der Waals surface area contributed by atoms with Gasteiger partial charge in [0, 0.05) is 19.2 Å². The molecule has 134 valence electrons. The third-order valence-electron chi connectivity index (χ3n) is 3.99. The van der Waals surface area contributed by atoms with Crippen molar-refractivity contribution in [3.05, 3.63) is 59.2 Å². The van der Waals surface area contributed by atoms with Crippen LogP contribution in [0.25, 0.3) is 0 Å². The van der Waals surface area contributed by atoms with Crippen LogP contribution < -0.4 is 15.4 Å². The Morgan fingerprint density at radius 3 is 2.60 bits per heavy atom. The summed E-state index contributed by atoms with van der Waals surface area (Å²) in [6.07, 6.45) is 0.699. The molecule has 0 atom stereocenters. The van der Waals surface area contributed by atoms with Gasteiger partial charge in [-0.2, -0.15) is 0 Å². The van der Waals surface area contributed by atoms with Crippen LogP contribution in [0.4, 0.5) is 0 Å². The fraction of sp³-hybridized carbons (Fsp3) is 0.350. The van der Waals surface area contributed by atoms with E-state index in [1.807, 2.05) is 31.2 Å². The van der Waals surface area contributed by atoms with Gasteiger partial charge in [0.25, 0.3) is 0 Å². The van der Waals surface area contributed by atoms with Crippen molar-refractivity contribution >= 4 is 5.96 Å². The summed E-state index contributed by atoms with van der Waals surface area (Å²) in [5.41, 5.74) is 3.33. The lowest BCUT2D eigenvalue weighted by molar-refractivity contribution is 0.406. The third kappa shape index (κ3) is 5.71. The zero-order valence-electron chi connectivity index (χ0n) is 15.2. The van der Waals surface area contributed by atoms with Crippen molar-refractivity contribution in [1.29, 1.82) is 0 Å². The predicted molar refractivity (Wildman–Crippen MR) is 102 cm³/mol. The molecule has 0 fully saturated rings. The van der Waals surface area contributed by atoms with Crippen LogP contribution in [-0.4, -0.2) is 31.3 Å². The second kappa shape index (κ2) is 9.57. The number of hydrogen-bond acceptors (Lipinski definition) is 3. The average Bonchev–Trinajstić information content (AvgIpc) is 2.62. The molecule has 0 aliphatic rings. The lowest BCUT2D eigenvalue weighted by Crippen LogP contribution is -2.38. The van der Waals surface area contributed by atoms with Crippen LogP contribution in [0, 0.1) is 6.92 Å². The zero-order chi connectivity index (χ0) is 18.1. The van der Waals surface area contributed by atoms with Crippen molar-refractivity contribution in [3.8, 4) is 11.5 Å². The number of nitrogens with zero attached hydrogens (tertiary/aromatic N) is 1. The van der Waals surface area contributed by atoms with E-state index in [4.69, 9.17) is 4.74 Å². The topological polar surface area (TPSA) is 65.9 Å². The molecule has 0 spiro atoms. The molecule has 0 bridgehead atoms. The number of guanidine groups is 1. The minimum Gasteiger partial charge on any atom is -0.508 e. The Morgan fingerprint density at radius 1 is 1.12 bits per heavy atom. The molecule has 5 heteroatoms. The van der Waals surface area contributed by atoms with Gasteiger partial charge in [0.05, 0.1) is 13.7 Å². The van der Waals surface area contributed by atoms with Crippen LogP contribution in [0.5, 0.6) is 11.5 Å². The molecule has 25 heavy (non-hydrogen) atoms. The van der Waals surface area contributed by atoms with Crippen LogP contribution in [0.15, 0.2) is 47.5 Å². The molecule has 2 rings (SSSR count). The van der Waals surface area contributed by atoms with E-state index >= 15 is 0 Å². The van der Waals surface area contributed by atoms with Crippen molar-refractivity contribution in [2.24, 2.45) is 4.99 Å².